The highest BCUT2D eigenvalue weighted by atomic mass is 35.5. The molecule has 7 heteroatoms. The molecule has 1 N–H and O–H groups in total. The Balaban J connectivity index is 1.43. The maximum absolute atomic E-state index is 13.6. The largest absolute Gasteiger partial charge is 0.392 e. The van der Waals surface area contributed by atoms with Crippen molar-refractivity contribution in [2.45, 2.75) is 62.4 Å². The van der Waals surface area contributed by atoms with E-state index in [1.165, 1.54) is 30.6 Å². The first-order chi connectivity index (χ1) is 13.5. The molecule has 1 aromatic rings. The molecule has 1 saturated carbocycles. The summed E-state index contributed by atoms with van der Waals surface area (Å²) in [5.74, 6) is -0.302. The highest BCUT2D eigenvalue weighted by Gasteiger charge is 2.64. The third kappa shape index (κ3) is 2.81. The van der Waals surface area contributed by atoms with Crippen LogP contribution >= 0.6 is 11.6 Å². The van der Waals surface area contributed by atoms with E-state index in [0.717, 1.165) is 5.56 Å². The highest BCUT2D eigenvalue weighted by Crippen LogP contribution is 2.43. The smallest absolute Gasteiger partial charge is 0.252 e. The molecular weight excluding hydrogens is 378 g/mol. The molecule has 0 unspecified atom stereocenters. The molecule has 1 aromatic carbocycles. The Morgan fingerprint density at radius 1 is 1.18 bits per heavy atom. The Labute approximate surface area is 170 Å². The Hall–Kier alpha value is -1.47. The van der Waals surface area contributed by atoms with Crippen molar-refractivity contribution in [3.8, 4) is 0 Å². The highest BCUT2D eigenvalue weighted by molar-refractivity contribution is 6.30. The van der Waals surface area contributed by atoms with Crippen LogP contribution < -0.4 is 0 Å². The number of likely N-dealkylation sites (tertiary alicyclic amines) is 1. The predicted octanol–water partition coefficient (Wildman–Crippen LogP) is 1.64. The van der Waals surface area contributed by atoms with Crippen LogP contribution in [0.25, 0.3) is 0 Å². The molecule has 5 rings (SSSR count). The number of aliphatic hydroxyl groups is 1. The molecule has 2 atom stereocenters. The van der Waals surface area contributed by atoms with Gasteiger partial charge >= 0.3 is 0 Å². The number of carbonyl (C=O) groups excluding carboxylic acids is 2. The van der Waals surface area contributed by atoms with Crippen molar-refractivity contribution in [2.75, 3.05) is 19.6 Å². The van der Waals surface area contributed by atoms with Crippen molar-refractivity contribution in [3.05, 3.63) is 34.9 Å². The molecule has 0 bridgehead atoms. The number of hydrogen-bond donors (Lipinski definition) is 1. The van der Waals surface area contributed by atoms with Gasteiger partial charge in [0.25, 0.3) is 5.91 Å². The van der Waals surface area contributed by atoms with Gasteiger partial charge in [0, 0.05) is 30.7 Å². The zero-order valence-corrected chi connectivity index (χ0v) is 16.6. The standard InChI is InChI=1S/C21H26ClN3O3/c22-15-5-3-4-14(8-15)10-24-19(27)18-9-17(26)11-25(18)21(20(24)28)12-23(13-21)16-6-1-2-7-16/h3-5,8,16-18,26H,1-2,6-7,9-13H2/t17-,18+/m1/s1. The first-order valence-electron chi connectivity index (χ1n) is 10.3. The number of piperazine rings is 1. The number of fused-ring (bicyclic) bond motifs is 2. The summed E-state index contributed by atoms with van der Waals surface area (Å²) < 4.78 is 0. The van der Waals surface area contributed by atoms with E-state index in [9.17, 15) is 14.7 Å². The lowest BCUT2D eigenvalue weighted by molar-refractivity contribution is -0.183. The van der Waals surface area contributed by atoms with Crippen LogP contribution in [0.2, 0.25) is 5.02 Å². The van der Waals surface area contributed by atoms with Crippen molar-refractivity contribution >= 4 is 23.4 Å². The van der Waals surface area contributed by atoms with Gasteiger partial charge < -0.3 is 5.11 Å². The van der Waals surface area contributed by atoms with E-state index in [2.05, 4.69) is 4.90 Å². The number of carbonyl (C=O) groups is 2. The van der Waals surface area contributed by atoms with Gasteiger partial charge in [0.15, 0.2) is 0 Å². The number of amides is 2. The number of aliphatic hydroxyl groups excluding tert-OH is 1. The normalized spacial score (nSPS) is 30.9. The van der Waals surface area contributed by atoms with Crippen molar-refractivity contribution in [1.82, 2.24) is 14.7 Å². The third-order valence-electron chi connectivity index (χ3n) is 7.02. The number of benzene rings is 1. The van der Waals surface area contributed by atoms with Gasteiger partial charge in [-0.3, -0.25) is 24.3 Å². The third-order valence-corrected chi connectivity index (χ3v) is 7.26. The van der Waals surface area contributed by atoms with E-state index in [-0.39, 0.29) is 18.4 Å². The quantitative estimate of drug-likeness (QED) is 0.777. The Morgan fingerprint density at radius 2 is 1.93 bits per heavy atom. The first-order valence-corrected chi connectivity index (χ1v) is 10.6. The lowest BCUT2D eigenvalue weighted by Crippen LogP contribution is -2.82. The van der Waals surface area contributed by atoms with Crippen LogP contribution in [0.5, 0.6) is 0 Å². The number of nitrogens with zero attached hydrogens (tertiary/aromatic N) is 3. The molecule has 0 aromatic heterocycles. The summed E-state index contributed by atoms with van der Waals surface area (Å²) in [7, 11) is 0. The fourth-order valence-electron chi connectivity index (χ4n) is 5.61. The van der Waals surface area contributed by atoms with E-state index < -0.39 is 17.7 Å². The average molecular weight is 404 g/mol. The minimum atomic E-state index is -0.669. The first kappa shape index (κ1) is 18.6. The minimum Gasteiger partial charge on any atom is -0.392 e. The fraction of sp³-hybridized carbons (Fsp3) is 0.619. The summed E-state index contributed by atoms with van der Waals surface area (Å²) in [6.07, 6.45) is 4.76. The van der Waals surface area contributed by atoms with Crippen LogP contribution in [0.15, 0.2) is 24.3 Å². The van der Waals surface area contributed by atoms with Crippen LogP contribution in [0.3, 0.4) is 0 Å². The molecule has 150 valence electrons. The number of hydrogen-bond acceptors (Lipinski definition) is 5. The summed E-state index contributed by atoms with van der Waals surface area (Å²) in [5.41, 5.74) is 0.181. The fourth-order valence-corrected chi connectivity index (χ4v) is 5.83. The summed E-state index contributed by atoms with van der Waals surface area (Å²) in [5, 5.41) is 10.8. The van der Waals surface area contributed by atoms with Crippen LogP contribution in [-0.2, 0) is 16.1 Å². The Kier molecular flexibility index (Phi) is 4.51. The molecule has 3 saturated heterocycles. The maximum Gasteiger partial charge on any atom is 0.252 e. The molecule has 4 fully saturated rings. The summed E-state index contributed by atoms with van der Waals surface area (Å²) in [6.45, 7) is 1.98. The van der Waals surface area contributed by atoms with E-state index in [1.54, 1.807) is 12.1 Å². The van der Waals surface area contributed by atoms with Crippen LogP contribution in [0.1, 0.15) is 37.7 Å². The second-order valence-corrected chi connectivity index (χ2v) is 9.23. The van der Waals surface area contributed by atoms with Crippen molar-refractivity contribution in [1.29, 1.82) is 0 Å². The zero-order valence-electron chi connectivity index (χ0n) is 15.9. The lowest BCUT2D eigenvalue weighted by atomic mass is 9.81. The summed E-state index contributed by atoms with van der Waals surface area (Å²) in [6, 6.07) is 7.47. The lowest BCUT2D eigenvalue weighted by Gasteiger charge is -2.60. The van der Waals surface area contributed by atoms with E-state index in [4.69, 9.17) is 11.6 Å². The maximum atomic E-state index is 13.6. The van der Waals surface area contributed by atoms with Gasteiger partial charge in [-0.2, -0.15) is 0 Å². The molecule has 28 heavy (non-hydrogen) atoms. The topological polar surface area (TPSA) is 64.1 Å². The Bertz CT molecular complexity index is 804. The van der Waals surface area contributed by atoms with Crippen molar-refractivity contribution < 1.29 is 14.7 Å². The van der Waals surface area contributed by atoms with Crippen LogP contribution in [0, 0.1) is 0 Å². The van der Waals surface area contributed by atoms with Gasteiger partial charge in [-0.25, -0.2) is 0 Å². The number of imide groups is 1. The monoisotopic (exact) mass is 403 g/mol. The Morgan fingerprint density at radius 3 is 2.64 bits per heavy atom. The van der Waals surface area contributed by atoms with Gasteiger partial charge in [0.2, 0.25) is 5.91 Å². The molecular formula is C21H26ClN3O3. The zero-order chi connectivity index (χ0) is 19.5. The van der Waals surface area contributed by atoms with Crippen molar-refractivity contribution in [3.63, 3.8) is 0 Å². The SMILES string of the molecule is O=C1[C@@H]2C[C@@H](O)CN2C2(CN(C3CCCC3)C2)C(=O)N1Cc1cccc(Cl)c1. The van der Waals surface area contributed by atoms with Gasteiger partial charge in [0.05, 0.1) is 18.7 Å². The van der Waals surface area contributed by atoms with E-state index in [1.807, 2.05) is 17.0 Å². The molecule has 1 spiro atoms. The van der Waals surface area contributed by atoms with Crippen molar-refractivity contribution in [2.24, 2.45) is 0 Å². The molecule has 1 aliphatic carbocycles. The summed E-state index contributed by atoms with van der Waals surface area (Å²) in [4.78, 5) is 32.5. The van der Waals surface area contributed by atoms with Gasteiger partial charge in [-0.05, 0) is 37.0 Å². The average Bonchev–Trinajstić information content (AvgIpc) is 3.28. The molecule has 3 heterocycles. The second kappa shape index (κ2) is 6.80. The molecule has 6 nitrogen and oxygen atoms in total. The molecule has 4 aliphatic rings. The molecule has 3 aliphatic heterocycles. The second-order valence-electron chi connectivity index (χ2n) is 8.79. The van der Waals surface area contributed by atoms with Crippen LogP contribution in [0.4, 0.5) is 0 Å². The van der Waals surface area contributed by atoms with E-state index >= 15 is 0 Å². The van der Waals surface area contributed by atoms with Gasteiger partial charge in [-0.15, -0.1) is 0 Å². The van der Waals surface area contributed by atoms with E-state index in [0.29, 0.717) is 37.1 Å². The van der Waals surface area contributed by atoms with Gasteiger partial charge in [-0.1, -0.05) is 36.6 Å². The minimum absolute atomic E-state index is 0.114. The number of halogens is 1. The van der Waals surface area contributed by atoms with Crippen LogP contribution in [-0.4, -0.2) is 75.0 Å². The predicted molar refractivity (Wildman–Crippen MR) is 105 cm³/mol. The molecule has 2 amide bonds. The summed E-state index contributed by atoms with van der Waals surface area (Å²) >= 11 is 6.09. The molecule has 0 radical (unpaired) electrons. The number of rotatable bonds is 3. The number of β-amino-alcohol motifs (C(OH)–C–C–N with tert-alkyl or cyclic N) is 1. The van der Waals surface area contributed by atoms with Gasteiger partial charge in [0.1, 0.15) is 5.54 Å².